The van der Waals surface area contributed by atoms with Gasteiger partial charge in [0.25, 0.3) is 0 Å². The van der Waals surface area contributed by atoms with Gasteiger partial charge in [0.05, 0.1) is 6.21 Å². The fourth-order valence-electron chi connectivity index (χ4n) is 2.88. The van der Waals surface area contributed by atoms with E-state index in [1.165, 1.54) is 6.21 Å². The molecule has 2 N–H and O–H groups in total. The maximum absolute atomic E-state index is 12.1. The number of aryl methyl sites for hydroxylation is 1. The molecule has 156 valence electrons. The smallest absolute Gasteiger partial charge is 0.249 e. The molecule has 2 amide bonds. The third kappa shape index (κ3) is 5.84. The largest absolute Gasteiger partial charge is 0.480 e. The first kappa shape index (κ1) is 21.9. The molecule has 0 unspecified atom stereocenters. The predicted molar refractivity (Wildman–Crippen MR) is 123 cm³/mol. The lowest BCUT2D eigenvalue weighted by molar-refractivity contribution is -0.126. The van der Waals surface area contributed by atoms with Gasteiger partial charge in [0.15, 0.2) is 0 Å². The molecule has 0 aliphatic carbocycles. The lowest BCUT2D eigenvalue weighted by atomic mass is 10.0. The topological polar surface area (TPSA) is 79.8 Å². The highest BCUT2D eigenvalue weighted by Crippen LogP contribution is 2.26. The number of anilines is 1. The van der Waals surface area contributed by atoms with Crippen LogP contribution in [0.3, 0.4) is 0 Å². The van der Waals surface area contributed by atoms with Crippen LogP contribution >= 0.6 is 11.6 Å². The van der Waals surface area contributed by atoms with Gasteiger partial charge in [-0.3, -0.25) is 9.59 Å². The van der Waals surface area contributed by atoms with E-state index in [0.29, 0.717) is 22.0 Å². The fourth-order valence-corrected chi connectivity index (χ4v) is 3.06. The summed E-state index contributed by atoms with van der Waals surface area (Å²) in [6.07, 6.45) is 6.37. The molecule has 0 radical (unpaired) electrons. The predicted octanol–water partition coefficient (Wildman–Crippen LogP) is 4.29. The van der Waals surface area contributed by atoms with Gasteiger partial charge in [0.2, 0.25) is 11.8 Å². The Morgan fingerprint density at radius 3 is 2.74 bits per heavy atom. The van der Waals surface area contributed by atoms with Gasteiger partial charge in [-0.2, -0.15) is 5.10 Å². The Bertz CT molecular complexity index is 1200. The summed E-state index contributed by atoms with van der Waals surface area (Å²) in [5.41, 5.74) is 4.45. The summed E-state index contributed by atoms with van der Waals surface area (Å²) in [4.78, 5) is 24.2. The molecule has 0 bridgehead atoms. The fraction of sp³-hybridized carbons (Fsp3) is 0.125. The van der Waals surface area contributed by atoms with Gasteiger partial charge in [-0.25, -0.2) is 5.43 Å². The van der Waals surface area contributed by atoms with Crippen molar-refractivity contribution in [3.8, 4) is 18.1 Å². The Hall–Kier alpha value is -3.82. The van der Waals surface area contributed by atoms with Crippen LogP contribution in [0.4, 0.5) is 5.69 Å². The number of amides is 2. The van der Waals surface area contributed by atoms with Crippen molar-refractivity contribution in [3.63, 3.8) is 0 Å². The number of carbonyl (C=O) groups is 2. The second-order valence-electron chi connectivity index (χ2n) is 6.67. The zero-order chi connectivity index (χ0) is 22.2. The number of benzene rings is 3. The van der Waals surface area contributed by atoms with Crippen molar-refractivity contribution in [3.05, 3.63) is 70.7 Å². The van der Waals surface area contributed by atoms with E-state index in [1.807, 2.05) is 37.3 Å². The second kappa shape index (κ2) is 10.3. The SMILES string of the molecule is C#CCOc1ccc2ccccc2c1C=NNC(=O)CC(=O)Nc1ccc(C)c(Cl)c1. The molecular formula is C24H20ClN3O3. The van der Waals surface area contributed by atoms with E-state index in [0.717, 1.165) is 16.3 Å². The van der Waals surface area contributed by atoms with Crippen LogP contribution in [-0.4, -0.2) is 24.6 Å². The number of rotatable bonds is 7. The quantitative estimate of drug-likeness (QED) is 0.252. The molecule has 0 spiro atoms. The minimum absolute atomic E-state index is 0.106. The number of hydrogen-bond acceptors (Lipinski definition) is 4. The number of nitrogens with zero attached hydrogens (tertiary/aromatic N) is 1. The molecule has 6 nitrogen and oxygen atoms in total. The third-order valence-corrected chi connectivity index (χ3v) is 4.81. The summed E-state index contributed by atoms with van der Waals surface area (Å²) < 4.78 is 5.59. The highest BCUT2D eigenvalue weighted by atomic mass is 35.5. The van der Waals surface area contributed by atoms with Gasteiger partial charge in [-0.15, -0.1) is 6.42 Å². The van der Waals surface area contributed by atoms with Gasteiger partial charge < -0.3 is 10.1 Å². The summed E-state index contributed by atoms with van der Waals surface area (Å²) in [6.45, 7) is 1.97. The van der Waals surface area contributed by atoms with Crippen molar-refractivity contribution in [2.45, 2.75) is 13.3 Å². The average Bonchev–Trinajstić information content (AvgIpc) is 2.75. The summed E-state index contributed by atoms with van der Waals surface area (Å²) in [7, 11) is 0. The molecule has 3 aromatic carbocycles. The molecule has 0 fully saturated rings. The van der Waals surface area contributed by atoms with E-state index in [4.69, 9.17) is 22.8 Å². The number of terminal acetylenes is 1. The van der Waals surface area contributed by atoms with Gasteiger partial charge in [-0.1, -0.05) is 53.9 Å². The van der Waals surface area contributed by atoms with Gasteiger partial charge in [0, 0.05) is 16.3 Å². The number of halogens is 1. The summed E-state index contributed by atoms with van der Waals surface area (Å²) in [5.74, 6) is 1.94. The van der Waals surface area contributed by atoms with Crippen LogP contribution in [0.15, 0.2) is 59.7 Å². The van der Waals surface area contributed by atoms with Crippen LogP contribution in [0.1, 0.15) is 17.5 Å². The first-order valence-corrected chi connectivity index (χ1v) is 9.81. The molecule has 3 rings (SSSR count). The van der Waals surface area contributed by atoms with Crippen LogP contribution in [0.5, 0.6) is 5.75 Å². The molecule has 0 heterocycles. The molecule has 3 aromatic rings. The van der Waals surface area contributed by atoms with Crippen molar-refractivity contribution in [2.24, 2.45) is 5.10 Å². The van der Waals surface area contributed by atoms with E-state index < -0.39 is 18.2 Å². The van der Waals surface area contributed by atoms with Crippen LogP contribution in [0.25, 0.3) is 10.8 Å². The van der Waals surface area contributed by atoms with E-state index in [9.17, 15) is 9.59 Å². The Kier molecular flexibility index (Phi) is 7.26. The Balaban J connectivity index is 1.66. The summed E-state index contributed by atoms with van der Waals surface area (Å²) in [6, 6.07) is 16.5. The Morgan fingerprint density at radius 1 is 1.16 bits per heavy atom. The maximum atomic E-state index is 12.1. The van der Waals surface area contributed by atoms with Gasteiger partial charge >= 0.3 is 0 Å². The van der Waals surface area contributed by atoms with Crippen LogP contribution < -0.4 is 15.5 Å². The molecule has 0 aliphatic heterocycles. The summed E-state index contributed by atoms with van der Waals surface area (Å²) >= 11 is 6.04. The maximum Gasteiger partial charge on any atom is 0.249 e. The molecule has 0 atom stereocenters. The van der Waals surface area contributed by atoms with E-state index in [-0.39, 0.29) is 6.61 Å². The van der Waals surface area contributed by atoms with Crippen LogP contribution in [0, 0.1) is 19.3 Å². The minimum atomic E-state index is -0.557. The standard InChI is InChI=1S/C24H20ClN3O3/c1-3-12-31-22-11-9-17-6-4-5-7-19(17)20(22)15-26-28-24(30)14-23(29)27-18-10-8-16(2)21(25)13-18/h1,4-11,13,15H,12,14H2,2H3,(H,27,29)(H,28,30). The lowest BCUT2D eigenvalue weighted by Gasteiger charge is -2.10. The van der Waals surface area contributed by atoms with E-state index in [2.05, 4.69) is 21.8 Å². The van der Waals surface area contributed by atoms with Crippen molar-refractivity contribution in [1.82, 2.24) is 5.43 Å². The molecular weight excluding hydrogens is 414 g/mol. The molecule has 0 aromatic heterocycles. The van der Waals surface area contributed by atoms with E-state index >= 15 is 0 Å². The molecule has 0 saturated heterocycles. The minimum Gasteiger partial charge on any atom is -0.480 e. The first-order valence-electron chi connectivity index (χ1n) is 9.44. The highest BCUT2D eigenvalue weighted by Gasteiger charge is 2.11. The normalized spacial score (nSPS) is 10.6. The number of fused-ring (bicyclic) bond motifs is 1. The molecule has 31 heavy (non-hydrogen) atoms. The highest BCUT2D eigenvalue weighted by molar-refractivity contribution is 6.31. The van der Waals surface area contributed by atoms with Crippen molar-refractivity contribution < 1.29 is 14.3 Å². The summed E-state index contributed by atoms with van der Waals surface area (Å²) in [5, 5.41) is 9.03. The molecule has 0 aliphatic rings. The van der Waals surface area contributed by atoms with Crippen molar-refractivity contribution >= 4 is 46.1 Å². The number of carbonyl (C=O) groups excluding carboxylic acids is 2. The number of hydrazone groups is 1. The van der Waals surface area contributed by atoms with Crippen molar-refractivity contribution in [2.75, 3.05) is 11.9 Å². The average molecular weight is 434 g/mol. The van der Waals surface area contributed by atoms with Gasteiger partial charge in [0.1, 0.15) is 18.8 Å². The second-order valence-corrected chi connectivity index (χ2v) is 7.08. The zero-order valence-corrected chi connectivity index (χ0v) is 17.6. The van der Waals surface area contributed by atoms with E-state index in [1.54, 1.807) is 24.3 Å². The number of ether oxygens (including phenoxy) is 1. The first-order chi connectivity index (χ1) is 15.0. The van der Waals surface area contributed by atoms with Gasteiger partial charge in [-0.05, 0) is 41.5 Å². The number of hydrogen-bond donors (Lipinski definition) is 2. The Labute approximate surface area is 185 Å². The number of nitrogens with one attached hydrogen (secondary N) is 2. The Morgan fingerprint density at radius 2 is 1.97 bits per heavy atom. The van der Waals surface area contributed by atoms with Crippen LogP contribution in [0.2, 0.25) is 5.02 Å². The molecule has 0 saturated carbocycles. The monoisotopic (exact) mass is 433 g/mol. The third-order valence-electron chi connectivity index (χ3n) is 4.40. The van der Waals surface area contributed by atoms with Crippen molar-refractivity contribution in [1.29, 1.82) is 0 Å². The lowest BCUT2D eigenvalue weighted by Crippen LogP contribution is -2.24. The zero-order valence-electron chi connectivity index (χ0n) is 16.8. The van der Waals surface area contributed by atoms with Crippen LogP contribution in [-0.2, 0) is 9.59 Å². The molecule has 7 heteroatoms.